The highest BCUT2D eigenvalue weighted by Crippen LogP contribution is 2.34. The van der Waals surface area contributed by atoms with Crippen molar-refractivity contribution in [3.8, 4) is 11.1 Å². The maximum atomic E-state index is 13.7. The molecule has 3 rings (SSSR count). The summed E-state index contributed by atoms with van der Waals surface area (Å²) in [6, 6.07) is 13.1. The number of amidine groups is 1. The van der Waals surface area contributed by atoms with E-state index >= 15 is 0 Å². The minimum atomic E-state index is -1.12. The molecule has 1 aliphatic rings. The van der Waals surface area contributed by atoms with Crippen LogP contribution in [0, 0.1) is 0 Å². The van der Waals surface area contributed by atoms with Gasteiger partial charge in [-0.1, -0.05) is 38.1 Å². The molecule has 39 heavy (non-hydrogen) atoms. The normalized spacial score (nSPS) is 13.0. The van der Waals surface area contributed by atoms with Crippen LogP contribution >= 0.6 is 0 Å². The Labute approximate surface area is 231 Å². The molecule has 0 radical (unpaired) electrons. The highest BCUT2D eigenvalue weighted by Gasteiger charge is 2.34. The number of carbonyl (C=O) groups is 3. The monoisotopic (exact) mass is 532 g/mol. The Morgan fingerprint density at radius 2 is 1.49 bits per heavy atom. The summed E-state index contributed by atoms with van der Waals surface area (Å²) in [4.78, 5) is 47.8. The molecule has 0 aromatic heterocycles. The fraction of sp³-hybridized carbons (Fsp3) is 0.419. The number of hydrogen-bond acceptors (Lipinski definition) is 4. The Balaban J connectivity index is 2.14. The van der Waals surface area contributed by atoms with Gasteiger partial charge >= 0.3 is 6.09 Å². The summed E-state index contributed by atoms with van der Waals surface area (Å²) < 4.78 is 0. The molecule has 2 aromatic rings. The molecule has 1 aliphatic heterocycles. The van der Waals surface area contributed by atoms with Crippen molar-refractivity contribution in [1.29, 1.82) is 0 Å². The maximum Gasteiger partial charge on any atom is 0.413 e. The first-order valence-corrected chi connectivity index (χ1v) is 13.4. The predicted octanol–water partition coefficient (Wildman–Crippen LogP) is 6.30. The van der Waals surface area contributed by atoms with Crippen molar-refractivity contribution in [2.75, 3.05) is 27.2 Å². The van der Waals surface area contributed by atoms with Crippen molar-refractivity contribution in [1.82, 2.24) is 14.7 Å². The SMILES string of the molecule is CCCN(CCC)C(=O)C1=Cc2ccc(-c3ccc(C(=O)N(C)C)cc3)cc2N=C(N(C(=O)O)C(C)(C)C)C1. The Morgan fingerprint density at radius 1 is 0.897 bits per heavy atom. The van der Waals surface area contributed by atoms with Crippen LogP contribution < -0.4 is 0 Å². The number of nitrogens with zero attached hydrogens (tertiary/aromatic N) is 4. The standard InChI is InChI=1S/C31H40N4O4/c1-8-16-34(17-9-2)29(37)25-18-24-15-14-23(21-10-12-22(13-11-21)28(36)33(6)7)19-26(24)32-27(20-25)35(30(38)39)31(3,4)5/h10-15,18-19H,8-9,16-17,20H2,1-7H3,(H,38,39). The second-order valence-electron chi connectivity index (χ2n) is 11.0. The summed E-state index contributed by atoms with van der Waals surface area (Å²) in [6.45, 7) is 10.8. The summed E-state index contributed by atoms with van der Waals surface area (Å²) >= 11 is 0. The minimum absolute atomic E-state index is 0.0730. The van der Waals surface area contributed by atoms with E-state index in [4.69, 9.17) is 4.99 Å². The number of benzene rings is 2. The van der Waals surface area contributed by atoms with Gasteiger partial charge in [-0.2, -0.15) is 0 Å². The van der Waals surface area contributed by atoms with Crippen molar-refractivity contribution in [3.05, 3.63) is 59.2 Å². The van der Waals surface area contributed by atoms with Crippen LogP contribution in [-0.2, 0) is 4.79 Å². The number of rotatable bonds is 7. The van der Waals surface area contributed by atoms with Gasteiger partial charge in [0.25, 0.3) is 5.91 Å². The molecule has 3 amide bonds. The lowest BCUT2D eigenvalue weighted by molar-refractivity contribution is -0.127. The Kier molecular flexibility index (Phi) is 9.32. The first kappa shape index (κ1) is 29.6. The van der Waals surface area contributed by atoms with Gasteiger partial charge in [-0.05, 0) is 69.0 Å². The van der Waals surface area contributed by atoms with Crippen molar-refractivity contribution < 1.29 is 19.5 Å². The summed E-state index contributed by atoms with van der Waals surface area (Å²) in [5.74, 6) is 0.144. The van der Waals surface area contributed by atoms with Crippen LogP contribution in [0.1, 0.15) is 69.8 Å². The lowest BCUT2D eigenvalue weighted by atomic mass is 9.99. The third-order valence-corrected chi connectivity index (χ3v) is 6.50. The molecule has 0 aliphatic carbocycles. The van der Waals surface area contributed by atoms with Crippen molar-refractivity contribution >= 4 is 35.5 Å². The van der Waals surface area contributed by atoms with E-state index in [2.05, 4.69) is 0 Å². The number of carboxylic acid groups (broad SMARTS) is 1. The quantitative estimate of drug-likeness (QED) is 0.453. The van der Waals surface area contributed by atoms with Crippen LogP contribution in [0.3, 0.4) is 0 Å². The number of amides is 3. The predicted molar refractivity (Wildman–Crippen MR) is 156 cm³/mol. The molecular formula is C31H40N4O4. The molecule has 0 fully saturated rings. The van der Waals surface area contributed by atoms with Gasteiger partial charge in [0.05, 0.1) is 5.69 Å². The van der Waals surface area contributed by atoms with E-state index in [-0.39, 0.29) is 18.2 Å². The first-order valence-electron chi connectivity index (χ1n) is 13.4. The van der Waals surface area contributed by atoms with Gasteiger partial charge in [-0.3, -0.25) is 14.5 Å². The molecule has 0 spiro atoms. The zero-order valence-electron chi connectivity index (χ0n) is 24.1. The Bertz CT molecular complexity index is 1280. The minimum Gasteiger partial charge on any atom is -0.465 e. The highest BCUT2D eigenvalue weighted by atomic mass is 16.4. The summed E-state index contributed by atoms with van der Waals surface area (Å²) in [7, 11) is 3.43. The van der Waals surface area contributed by atoms with Gasteiger partial charge in [0.1, 0.15) is 5.84 Å². The Hall–Kier alpha value is -3.94. The van der Waals surface area contributed by atoms with Gasteiger partial charge in [0.2, 0.25) is 5.91 Å². The van der Waals surface area contributed by atoms with Crippen LogP contribution in [-0.4, -0.2) is 76.3 Å². The Morgan fingerprint density at radius 3 is 2.00 bits per heavy atom. The molecule has 2 aromatic carbocycles. The largest absolute Gasteiger partial charge is 0.465 e. The van der Waals surface area contributed by atoms with Gasteiger partial charge < -0.3 is 14.9 Å². The fourth-order valence-corrected chi connectivity index (χ4v) is 4.70. The lowest BCUT2D eigenvalue weighted by Crippen LogP contribution is -2.49. The van der Waals surface area contributed by atoms with Gasteiger partial charge in [0.15, 0.2) is 0 Å². The zero-order chi connectivity index (χ0) is 28.9. The molecule has 0 saturated heterocycles. The zero-order valence-corrected chi connectivity index (χ0v) is 24.1. The van der Waals surface area contributed by atoms with Crippen LogP contribution in [0.15, 0.2) is 53.0 Å². The number of carbonyl (C=O) groups excluding carboxylic acids is 2. The van der Waals surface area contributed by atoms with Gasteiger partial charge in [-0.25, -0.2) is 9.79 Å². The number of hydrogen-bond donors (Lipinski definition) is 1. The average molecular weight is 533 g/mol. The first-order chi connectivity index (χ1) is 18.4. The highest BCUT2D eigenvalue weighted by molar-refractivity contribution is 6.08. The molecule has 8 nitrogen and oxygen atoms in total. The summed E-state index contributed by atoms with van der Waals surface area (Å²) in [5.41, 5.74) is 3.47. The van der Waals surface area contributed by atoms with E-state index in [9.17, 15) is 19.5 Å². The lowest BCUT2D eigenvalue weighted by Gasteiger charge is -2.34. The van der Waals surface area contributed by atoms with E-state index in [1.165, 1.54) is 9.80 Å². The average Bonchev–Trinajstić information content (AvgIpc) is 3.05. The molecule has 0 bridgehead atoms. The third-order valence-electron chi connectivity index (χ3n) is 6.50. The molecule has 0 atom stereocenters. The van der Waals surface area contributed by atoms with Crippen molar-refractivity contribution in [2.45, 2.75) is 59.4 Å². The van der Waals surface area contributed by atoms with Crippen molar-refractivity contribution in [3.63, 3.8) is 0 Å². The summed E-state index contributed by atoms with van der Waals surface area (Å²) in [5, 5.41) is 10.1. The van der Waals surface area contributed by atoms with Crippen LogP contribution in [0.5, 0.6) is 0 Å². The molecule has 1 heterocycles. The number of aliphatic imine (C=N–C) groups is 1. The van der Waals surface area contributed by atoms with Gasteiger partial charge in [-0.15, -0.1) is 0 Å². The number of fused-ring (bicyclic) bond motifs is 1. The van der Waals surface area contributed by atoms with E-state index in [0.29, 0.717) is 35.7 Å². The molecule has 8 heteroatoms. The van der Waals surface area contributed by atoms with E-state index in [1.54, 1.807) is 26.2 Å². The topological polar surface area (TPSA) is 93.5 Å². The molecular weight excluding hydrogens is 492 g/mol. The van der Waals surface area contributed by atoms with Crippen LogP contribution in [0.25, 0.3) is 17.2 Å². The van der Waals surface area contributed by atoms with Crippen LogP contribution in [0.4, 0.5) is 10.5 Å². The van der Waals surface area contributed by atoms with Gasteiger partial charge in [0, 0.05) is 55.8 Å². The molecule has 208 valence electrons. The third kappa shape index (κ3) is 6.93. The van der Waals surface area contributed by atoms with E-state index in [1.807, 2.05) is 75.9 Å². The summed E-state index contributed by atoms with van der Waals surface area (Å²) in [6.07, 6.45) is 2.51. The molecule has 0 unspecified atom stereocenters. The molecule has 1 N–H and O–H groups in total. The second kappa shape index (κ2) is 12.3. The van der Waals surface area contributed by atoms with E-state index < -0.39 is 11.6 Å². The van der Waals surface area contributed by atoms with E-state index in [0.717, 1.165) is 29.5 Å². The smallest absolute Gasteiger partial charge is 0.413 e. The fourth-order valence-electron chi connectivity index (χ4n) is 4.70. The second-order valence-corrected chi connectivity index (χ2v) is 11.0. The van der Waals surface area contributed by atoms with Crippen LogP contribution in [0.2, 0.25) is 0 Å². The molecule has 0 saturated carbocycles. The maximum absolute atomic E-state index is 13.7. The van der Waals surface area contributed by atoms with Crippen molar-refractivity contribution in [2.24, 2.45) is 4.99 Å².